The first kappa shape index (κ1) is 20.0. The molecular weight excluding hydrogens is 402 g/mol. The highest BCUT2D eigenvalue weighted by Crippen LogP contribution is 2.39. The first-order valence-electron chi connectivity index (χ1n) is 10.8. The van der Waals surface area contributed by atoms with Crippen LogP contribution in [0.15, 0.2) is 78.9 Å². The van der Waals surface area contributed by atoms with Gasteiger partial charge in [-0.05, 0) is 42.0 Å². The summed E-state index contributed by atoms with van der Waals surface area (Å²) in [6, 6.07) is 24.4. The molecule has 2 N–H and O–H groups in total. The maximum absolute atomic E-state index is 13.4. The van der Waals surface area contributed by atoms with Gasteiger partial charge >= 0.3 is 6.03 Å². The van der Waals surface area contributed by atoms with Crippen molar-refractivity contribution in [2.75, 3.05) is 11.9 Å². The van der Waals surface area contributed by atoms with Gasteiger partial charge in [-0.1, -0.05) is 72.8 Å². The normalized spacial score (nSPS) is 19.6. The zero-order chi connectivity index (χ0) is 22.1. The number of hydrogen-bond acceptors (Lipinski definition) is 3. The summed E-state index contributed by atoms with van der Waals surface area (Å²) in [4.78, 5) is 40.1. The fourth-order valence-corrected chi connectivity index (χ4v) is 4.75. The van der Waals surface area contributed by atoms with Crippen molar-refractivity contribution in [1.82, 2.24) is 10.2 Å². The standard InChI is InChI=1S/C26H23N3O3/c30-23(27-22-15-7-5-13-20(22)18-9-2-1-3-10-18)17-29-24(31)26(28-25(29)32)16-8-12-19-11-4-6-14-21(19)26/h1-7,9-11,13-15H,8,12,16-17H2,(H,27,30)(H,28,32). The SMILES string of the molecule is O=C(CN1C(=O)NC2(CCCc3ccccc32)C1=O)Nc1ccccc1-c1ccccc1. The van der Waals surface area contributed by atoms with Gasteiger partial charge in [0.1, 0.15) is 12.1 Å². The Morgan fingerprint density at radius 2 is 1.66 bits per heavy atom. The van der Waals surface area contributed by atoms with E-state index in [1.54, 1.807) is 0 Å². The number of imide groups is 1. The highest BCUT2D eigenvalue weighted by atomic mass is 16.2. The maximum atomic E-state index is 13.4. The van der Waals surface area contributed by atoms with Crippen LogP contribution in [-0.4, -0.2) is 29.3 Å². The third-order valence-electron chi connectivity index (χ3n) is 6.24. The van der Waals surface area contributed by atoms with Crippen molar-refractivity contribution in [2.45, 2.75) is 24.8 Å². The van der Waals surface area contributed by atoms with Crippen LogP contribution >= 0.6 is 0 Å². The molecule has 1 aliphatic carbocycles. The van der Waals surface area contributed by atoms with Crippen molar-refractivity contribution in [1.29, 1.82) is 0 Å². The van der Waals surface area contributed by atoms with E-state index in [1.807, 2.05) is 78.9 Å². The van der Waals surface area contributed by atoms with Gasteiger partial charge in [0.25, 0.3) is 5.91 Å². The Kier molecular flexibility index (Phi) is 4.98. The molecule has 1 saturated heterocycles. The molecule has 1 spiro atoms. The van der Waals surface area contributed by atoms with Gasteiger partial charge in [-0.25, -0.2) is 4.79 Å². The quantitative estimate of drug-likeness (QED) is 0.619. The number of carbonyl (C=O) groups excluding carboxylic acids is 3. The summed E-state index contributed by atoms with van der Waals surface area (Å²) in [6.07, 6.45) is 2.20. The molecule has 160 valence electrons. The summed E-state index contributed by atoms with van der Waals surface area (Å²) >= 11 is 0. The van der Waals surface area contributed by atoms with Crippen molar-refractivity contribution < 1.29 is 14.4 Å². The summed E-state index contributed by atoms with van der Waals surface area (Å²) in [6.45, 7) is -0.336. The number of fused-ring (bicyclic) bond motifs is 2. The molecule has 1 heterocycles. The molecule has 32 heavy (non-hydrogen) atoms. The van der Waals surface area contributed by atoms with Crippen molar-refractivity contribution in [3.05, 3.63) is 90.0 Å². The predicted octanol–water partition coefficient (Wildman–Crippen LogP) is 4.08. The number of para-hydroxylation sites is 1. The van der Waals surface area contributed by atoms with Gasteiger partial charge < -0.3 is 10.6 Å². The number of benzene rings is 3. The van der Waals surface area contributed by atoms with Gasteiger partial charge in [-0.3, -0.25) is 14.5 Å². The average Bonchev–Trinajstić information content (AvgIpc) is 3.05. The Balaban J connectivity index is 1.37. The molecule has 6 heteroatoms. The molecule has 2 aliphatic rings. The van der Waals surface area contributed by atoms with E-state index in [0.29, 0.717) is 12.1 Å². The zero-order valence-corrected chi connectivity index (χ0v) is 17.5. The van der Waals surface area contributed by atoms with Gasteiger partial charge in [-0.2, -0.15) is 0 Å². The van der Waals surface area contributed by atoms with Gasteiger partial charge in [0, 0.05) is 11.3 Å². The predicted molar refractivity (Wildman–Crippen MR) is 122 cm³/mol. The monoisotopic (exact) mass is 425 g/mol. The minimum absolute atomic E-state index is 0.336. The lowest BCUT2D eigenvalue weighted by atomic mass is 9.76. The minimum atomic E-state index is -1.08. The van der Waals surface area contributed by atoms with E-state index in [1.165, 1.54) is 0 Å². The largest absolute Gasteiger partial charge is 0.325 e. The van der Waals surface area contributed by atoms with Crippen LogP contribution in [0, 0.1) is 0 Å². The van der Waals surface area contributed by atoms with Crippen LogP contribution in [0.3, 0.4) is 0 Å². The van der Waals surface area contributed by atoms with E-state index in [4.69, 9.17) is 0 Å². The first-order valence-corrected chi connectivity index (χ1v) is 10.8. The highest BCUT2D eigenvalue weighted by molar-refractivity contribution is 6.11. The molecule has 1 fully saturated rings. The fourth-order valence-electron chi connectivity index (χ4n) is 4.75. The topological polar surface area (TPSA) is 78.5 Å². The molecular formula is C26H23N3O3. The molecule has 5 rings (SSSR count). The second-order valence-electron chi connectivity index (χ2n) is 8.20. The van der Waals surface area contributed by atoms with Gasteiger partial charge in [0.05, 0.1) is 0 Å². The van der Waals surface area contributed by atoms with Crippen LogP contribution in [0.4, 0.5) is 10.5 Å². The van der Waals surface area contributed by atoms with E-state index in [9.17, 15) is 14.4 Å². The maximum Gasteiger partial charge on any atom is 0.325 e. The minimum Gasteiger partial charge on any atom is -0.324 e. The van der Waals surface area contributed by atoms with E-state index in [-0.39, 0.29) is 12.5 Å². The van der Waals surface area contributed by atoms with Crippen molar-refractivity contribution in [2.24, 2.45) is 0 Å². The molecule has 1 atom stereocenters. The highest BCUT2D eigenvalue weighted by Gasteiger charge is 2.54. The van der Waals surface area contributed by atoms with Gasteiger partial charge in [-0.15, -0.1) is 0 Å². The molecule has 0 aromatic heterocycles. The summed E-state index contributed by atoms with van der Waals surface area (Å²) in [5.41, 5.74) is 3.30. The number of nitrogens with zero attached hydrogens (tertiary/aromatic N) is 1. The van der Waals surface area contributed by atoms with E-state index in [0.717, 1.165) is 40.0 Å². The molecule has 0 radical (unpaired) electrons. The number of amides is 4. The molecule has 3 aromatic rings. The van der Waals surface area contributed by atoms with Crippen LogP contribution < -0.4 is 10.6 Å². The molecule has 3 aromatic carbocycles. The second-order valence-corrected chi connectivity index (χ2v) is 8.20. The Morgan fingerprint density at radius 1 is 0.938 bits per heavy atom. The zero-order valence-electron chi connectivity index (χ0n) is 17.5. The smallest absolute Gasteiger partial charge is 0.324 e. The van der Waals surface area contributed by atoms with Crippen molar-refractivity contribution in [3.8, 4) is 11.1 Å². The number of aryl methyl sites for hydroxylation is 1. The van der Waals surface area contributed by atoms with Crippen molar-refractivity contribution >= 4 is 23.5 Å². The van der Waals surface area contributed by atoms with Crippen LogP contribution in [-0.2, 0) is 21.5 Å². The number of urea groups is 1. The first-order chi connectivity index (χ1) is 15.6. The van der Waals surface area contributed by atoms with E-state index in [2.05, 4.69) is 10.6 Å². The molecule has 6 nitrogen and oxygen atoms in total. The molecule has 0 bridgehead atoms. The summed E-state index contributed by atoms with van der Waals surface area (Å²) < 4.78 is 0. The number of carbonyl (C=O) groups is 3. The lowest BCUT2D eigenvalue weighted by Gasteiger charge is -2.33. The Labute approximate surface area is 186 Å². The van der Waals surface area contributed by atoms with Crippen LogP contribution in [0.1, 0.15) is 24.0 Å². The van der Waals surface area contributed by atoms with Gasteiger partial charge in [0.15, 0.2) is 0 Å². The van der Waals surface area contributed by atoms with Crippen LogP contribution in [0.2, 0.25) is 0 Å². The van der Waals surface area contributed by atoms with E-state index >= 15 is 0 Å². The number of hydrogen-bond donors (Lipinski definition) is 2. The van der Waals surface area contributed by atoms with Crippen LogP contribution in [0.5, 0.6) is 0 Å². The van der Waals surface area contributed by atoms with E-state index < -0.39 is 17.5 Å². The molecule has 1 aliphatic heterocycles. The Morgan fingerprint density at radius 3 is 2.50 bits per heavy atom. The second kappa shape index (κ2) is 7.96. The fraction of sp³-hybridized carbons (Fsp3) is 0.192. The molecule has 4 amide bonds. The summed E-state index contributed by atoms with van der Waals surface area (Å²) in [5, 5.41) is 5.76. The average molecular weight is 425 g/mol. The number of rotatable bonds is 4. The summed E-state index contributed by atoms with van der Waals surface area (Å²) in [7, 11) is 0. The molecule has 0 saturated carbocycles. The number of anilines is 1. The van der Waals surface area contributed by atoms with Crippen molar-refractivity contribution in [3.63, 3.8) is 0 Å². The van der Waals surface area contributed by atoms with Gasteiger partial charge in [0.2, 0.25) is 5.91 Å². The Hall–Kier alpha value is -3.93. The summed E-state index contributed by atoms with van der Waals surface area (Å²) in [5.74, 6) is -0.779. The third-order valence-corrected chi connectivity index (χ3v) is 6.24. The lowest BCUT2D eigenvalue weighted by molar-refractivity contribution is -0.134. The Bertz CT molecular complexity index is 1210. The third kappa shape index (κ3) is 3.34. The lowest BCUT2D eigenvalue weighted by Crippen LogP contribution is -2.47. The number of nitrogens with one attached hydrogen (secondary N) is 2. The molecule has 1 unspecified atom stereocenters. The van der Waals surface area contributed by atoms with Crippen LogP contribution in [0.25, 0.3) is 11.1 Å².